The molecular weight excluding hydrogens is 750 g/mol. The van der Waals surface area contributed by atoms with Crippen molar-refractivity contribution in [2.24, 2.45) is 0 Å². The summed E-state index contributed by atoms with van der Waals surface area (Å²) in [6, 6.07) is 40.8. The quantitative estimate of drug-likeness (QED) is 0.0524. The van der Waals surface area contributed by atoms with Gasteiger partial charge in [-0.15, -0.1) is 11.8 Å². The second-order valence-corrected chi connectivity index (χ2v) is 15.4. The molecule has 51 heavy (non-hydrogen) atoms. The van der Waals surface area contributed by atoms with E-state index in [1.807, 2.05) is 60.7 Å². The Hall–Kier alpha value is -4.94. The predicted molar refractivity (Wildman–Crippen MR) is 203 cm³/mol. The maximum absolute atomic E-state index is 14.2. The van der Waals surface area contributed by atoms with Gasteiger partial charge >= 0.3 is 11.6 Å². The maximum atomic E-state index is 14.2. The molecule has 7 rings (SSSR count). The van der Waals surface area contributed by atoms with Gasteiger partial charge in [0.15, 0.2) is 5.76 Å². The molecule has 0 N–H and O–H groups in total. The van der Waals surface area contributed by atoms with Crippen LogP contribution in [0.5, 0.6) is 5.75 Å². The molecule has 0 aliphatic rings. The lowest BCUT2D eigenvalue weighted by Crippen LogP contribution is -2.25. The molecule has 0 aliphatic carbocycles. The monoisotopic (exact) mass is 779 g/mol. The van der Waals surface area contributed by atoms with Gasteiger partial charge in [0.05, 0.1) is 38.0 Å². The summed E-state index contributed by atoms with van der Waals surface area (Å²) in [5, 5.41) is -0.110. The number of esters is 1. The summed E-state index contributed by atoms with van der Waals surface area (Å²) in [6.07, 6.45) is 0.371. The molecular formula is C40H30BrNO7S2. The third-order valence-corrected chi connectivity index (χ3v) is 11.9. The summed E-state index contributed by atoms with van der Waals surface area (Å²) in [5.41, 5.74) is 1.00. The smallest absolute Gasteiger partial charge is 0.346 e. The van der Waals surface area contributed by atoms with E-state index in [4.69, 9.17) is 13.9 Å². The number of para-hydroxylation sites is 2. The predicted octanol–water partition coefficient (Wildman–Crippen LogP) is 9.09. The zero-order chi connectivity index (χ0) is 35.4. The van der Waals surface area contributed by atoms with Crippen molar-refractivity contribution in [2.45, 2.75) is 28.1 Å². The molecule has 7 aromatic rings. The van der Waals surface area contributed by atoms with Crippen LogP contribution in [0.3, 0.4) is 0 Å². The highest BCUT2D eigenvalue weighted by molar-refractivity contribution is 9.10. The van der Waals surface area contributed by atoms with E-state index in [9.17, 15) is 18.0 Å². The minimum atomic E-state index is -4.18. The SMILES string of the molecule is O=C(Oc1ccccc1-c1oc(=O)c2c3ccccc3n(S(=O)(=O)c3ccccc3)c2c1Br)C(CCOCc1ccccc1)Sc1ccccc1. The van der Waals surface area contributed by atoms with Crippen molar-refractivity contribution in [3.63, 3.8) is 0 Å². The molecule has 0 saturated heterocycles. The number of benzene rings is 5. The van der Waals surface area contributed by atoms with Gasteiger partial charge in [0.25, 0.3) is 10.0 Å². The molecule has 2 heterocycles. The Morgan fingerprint density at radius 1 is 0.804 bits per heavy atom. The third-order valence-electron chi connectivity index (χ3n) is 8.18. The van der Waals surface area contributed by atoms with E-state index < -0.39 is 26.9 Å². The van der Waals surface area contributed by atoms with E-state index in [1.165, 1.54) is 23.9 Å². The van der Waals surface area contributed by atoms with Crippen molar-refractivity contribution in [1.29, 1.82) is 0 Å². The first-order valence-corrected chi connectivity index (χ1v) is 19.1. The van der Waals surface area contributed by atoms with Gasteiger partial charge in [0, 0.05) is 16.9 Å². The molecule has 0 saturated carbocycles. The van der Waals surface area contributed by atoms with E-state index >= 15 is 0 Å². The van der Waals surface area contributed by atoms with Crippen LogP contribution in [0.25, 0.3) is 33.1 Å². The van der Waals surface area contributed by atoms with Crippen molar-refractivity contribution >= 4 is 65.5 Å². The Morgan fingerprint density at radius 3 is 2.18 bits per heavy atom. The number of hydrogen-bond donors (Lipinski definition) is 0. The van der Waals surface area contributed by atoms with Gasteiger partial charge < -0.3 is 13.9 Å². The highest BCUT2D eigenvalue weighted by Gasteiger charge is 2.30. The molecule has 5 aromatic carbocycles. The van der Waals surface area contributed by atoms with E-state index in [-0.39, 0.29) is 37.3 Å². The molecule has 8 nitrogen and oxygen atoms in total. The van der Waals surface area contributed by atoms with Crippen molar-refractivity contribution in [2.75, 3.05) is 6.61 Å². The number of fused-ring (bicyclic) bond motifs is 3. The fraction of sp³-hybridized carbons (Fsp3) is 0.100. The first kappa shape index (κ1) is 34.5. The molecule has 256 valence electrons. The number of halogens is 1. The average molecular weight is 781 g/mol. The molecule has 1 unspecified atom stereocenters. The van der Waals surface area contributed by atoms with Crippen LogP contribution in [0.2, 0.25) is 0 Å². The fourth-order valence-electron chi connectivity index (χ4n) is 5.79. The fourth-order valence-corrected chi connectivity index (χ4v) is 9.14. The Labute approximate surface area is 306 Å². The number of nitrogens with zero attached hydrogens (tertiary/aromatic N) is 1. The molecule has 0 bridgehead atoms. The van der Waals surface area contributed by atoms with E-state index in [0.717, 1.165) is 14.4 Å². The Morgan fingerprint density at radius 2 is 1.43 bits per heavy atom. The zero-order valence-corrected chi connectivity index (χ0v) is 30.2. The minimum absolute atomic E-state index is 0.0154. The molecule has 11 heteroatoms. The summed E-state index contributed by atoms with van der Waals surface area (Å²) in [6.45, 7) is 0.724. The molecule has 2 aromatic heterocycles. The summed E-state index contributed by atoms with van der Waals surface area (Å²) >= 11 is 4.97. The lowest BCUT2D eigenvalue weighted by Gasteiger charge is -2.17. The van der Waals surface area contributed by atoms with Gasteiger partial charge in [0.2, 0.25) is 0 Å². The number of carbonyl (C=O) groups is 1. The van der Waals surface area contributed by atoms with Crippen molar-refractivity contribution < 1.29 is 27.1 Å². The van der Waals surface area contributed by atoms with Gasteiger partial charge in [-0.1, -0.05) is 97.1 Å². The van der Waals surface area contributed by atoms with E-state index in [1.54, 1.807) is 66.7 Å². The maximum Gasteiger partial charge on any atom is 0.346 e. The molecule has 0 radical (unpaired) electrons. The first-order valence-electron chi connectivity index (χ1n) is 16.0. The molecule has 0 aliphatic heterocycles. The Kier molecular flexibility index (Phi) is 10.2. The summed E-state index contributed by atoms with van der Waals surface area (Å²) in [7, 11) is -4.18. The number of ether oxygens (including phenoxy) is 2. The average Bonchev–Trinajstić information content (AvgIpc) is 3.53. The second kappa shape index (κ2) is 15.1. The minimum Gasteiger partial charge on any atom is -0.425 e. The topological polar surface area (TPSA) is 105 Å². The molecule has 0 fully saturated rings. The highest BCUT2D eigenvalue weighted by Crippen LogP contribution is 2.42. The summed E-state index contributed by atoms with van der Waals surface area (Å²) < 4.78 is 47.6. The number of hydrogen-bond acceptors (Lipinski definition) is 8. The van der Waals surface area contributed by atoms with Crippen LogP contribution in [0.4, 0.5) is 0 Å². The Balaban J connectivity index is 1.26. The summed E-state index contributed by atoms with van der Waals surface area (Å²) in [5.74, 6) is -0.357. The number of carbonyl (C=O) groups excluding carboxylic acids is 1. The lowest BCUT2D eigenvalue weighted by molar-refractivity contribution is -0.134. The highest BCUT2D eigenvalue weighted by atomic mass is 79.9. The largest absolute Gasteiger partial charge is 0.425 e. The van der Waals surface area contributed by atoms with Gasteiger partial charge in [-0.25, -0.2) is 17.2 Å². The number of aromatic nitrogens is 1. The van der Waals surface area contributed by atoms with Crippen LogP contribution in [0.1, 0.15) is 12.0 Å². The first-order chi connectivity index (χ1) is 24.8. The van der Waals surface area contributed by atoms with E-state index in [2.05, 4.69) is 15.9 Å². The molecule has 1 atom stereocenters. The lowest BCUT2D eigenvalue weighted by atomic mass is 10.1. The standard InChI is InChI=1S/C40H30BrNO7S2/c41-36-37-35(30-20-10-12-22-32(30)42(37)51(45,46)29-18-8-3-9-19-29)40(44)49-38(36)31-21-11-13-23-33(31)48-39(43)34(50-28-16-6-2-7-17-28)24-25-47-26-27-14-4-1-5-15-27/h1-23,34H,24-26H2. The molecule has 0 spiro atoms. The van der Waals surface area contributed by atoms with Crippen LogP contribution in [-0.2, 0) is 26.2 Å². The van der Waals surface area contributed by atoms with Gasteiger partial charge in [-0.2, -0.15) is 0 Å². The van der Waals surface area contributed by atoms with Crippen LogP contribution in [0, 0.1) is 0 Å². The van der Waals surface area contributed by atoms with Crippen molar-refractivity contribution in [1.82, 2.24) is 3.97 Å². The van der Waals surface area contributed by atoms with Gasteiger partial charge in [-0.3, -0.25) is 4.79 Å². The van der Waals surface area contributed by atoms with Crippen molar-refractivity contribution in [3.8, 4) is 17.1 Å². The van der Waals surface area contributed by atoms with Crippen molar-refractivity contribution in [3.05, 3.63) is 160 Å². The van der Waals surface area contributed by atoms with E-state index in [0.29, 0.717) is 30.5 Å². The number of thioether (sulfide) groups is 1. The number of rotatable bonds is 12. The van der Waals surface area contributed by atoms with Gasteiger partial charge in [0.1, 0.15) is 11.0 Å². The normalized spacial score (nSPS) is 12.3. The zero-order valence-electron chi connectivity index (χ0n) is 27.0. The summed E-state index contributed by atoms with van der Waals surface area (Å²) in [4.78, 5) is 28.6. The van der Waals surface area contributed by atoms with Crippen LogP contribution >= 0.6 is 27.7 Å². The van der Waals surface area contributed by atoms with Crippen LogP contribution in [-0.4, -0.2) is 30.2 Å². The third kappa shape index (κ3) is 7.15. The van der Waals surface area contributed by atoms with Gasteiger partial charge in [-0.05, 0) is 70.4 Å². The van der Waals surface area contributed by atoms with Crippen LogP contribution < -0.4 is 10.4 Å². The second-order valence-electron chi connectivity index (χ2n) is 11.5. The molecule has 0 amide bonds. The Bertz CT molecular complexity index is 2500. The van der Waals surface area contributed by atoms with Crippen LogP contribution in [0.15, 0.2) is 163 Å².